The Bertz CT molecular complexity index is 1380. The van der Waals surface area contributed by atoms with E-state index in [2.05, 4.69) is 23.8 Å². The monoisotopic (exact) mass is 640 g/mol. The molecule has 0 spiro atoms. The molecule has 3 aromatic carbocycles. The SMILES string of the molecule is C=CCCC(Cc1ccccc1)C(=O)OC(c1ccccc1)C(COC)NC(=O)C(CC=C)CC(=O)NC(CO)Cc1ccccc1. The zero-order valence-electron chi connectivity index (χ0n) is 27.3. The van der Waals surface area contributed by atoms with Gasteiger partial charge in [0.2, 0.25) is 11.8 Å². The van der Waals surface area contributed by atoms with E-state index >= 15 is 0 Å². The normalized spacial score (nSPS) is 14.1. The highest BCUT2D eigenvalue weighted by atomic mass is 16.5. The number of hydrogen-bond acceptors (Lipinski definition) is 6. The summed E-state index contributed by atoms with van der Waals surface area (Å²) in [4.78, 5) is 40.6. The summed E-state index contributed by atoms with van der Waals surface area (Å²) >= 11 is 0. The van der Waals surface area contributed by atoms with Gasteiger partial charge in [0.25, 0.3) is 0 Å². The molecule has 0 aliphatic carbocycles. The number of nitrogens with one attached hydrogen (secondary N) is 2. The Labute approximate surface area is 278 Å². The molecular weight excluding hydrogens is 592 g/mol. The number of esters is 1. The lowest BCUT2D eigenvalue weighted by molar-refractivity contribution is -0.158. The number of aliphatic hydroxyl groups excluding tert-OH is 1. The fourth-order valence-corrected chi connectivity index (χ4v) is 5.51. The van der Waals surface area contributed by atoms with Crippen LogP contribution in [-0.2, 0) is 36.7 Å². The Hall–Kier alpha value is -4.53. The van der Waals surface area contributed by atoms with Crippen LogP contribution in [0.15, 0.2) is 116 Å². The van der Waals surface area contributed by atoms with E-state index in [1.165, 1.54) is 7.11 Å². The van der Waals surface area contributed by atoms with Crippen LogP contribution in [0, 0.1) is 11.8 Å². The van der Waals surface area contributed by atoms with Crippen molar-refractivity contribution in [2.24, 2.45) is 11.8 Å². The van der Waals surface area contributed by atoms with Crippen molar-refractivity contribution in [1.82, 2.24) is 10.6 Å². The quantitative estimate of drug-likeness (QED) is 0.104. The highest BCUT2D eigenvalue weighted by molar-refractivity contribution is 5.86. The number of ether oxygens (including phenoxy) is 2. The van der Waals surface area contributed by atoms with Crippen molar-refractivity contribution in [2.45, 2.75) is 56.7 Å². The van der Waals surface area contributed by atoms with Gasteiger partial charge in [0, 0.05) is 13.5 Å². The molecule has 5 unspecified atom stereocenters. The van der Waals surface area contributed by atoms with Crippen molar-refractivity contribution in [1.29, 1.82) is 0 Å². The van der Waals surface area contributed by atoms with Crippen LogP contribution >= 0.6 is 0 Å². The third-order valence-electron chi connectivity index (χ3n) is 7.95. The molecule has 8 heteroatoms. The summed E-state index contributed by atoms with van der Waals surface area (Å²) in [5, 5.41) is 15.8. The van der Waals surface area contributed by atoms with Gasteiger partial charge in [-0.25, -0.2) is 0 Å². The largest absolute Gasteiger partial charge is 0.455 e. The van der Waals surface area contributed by atoms with Gasteiger partial charge >= 0.3 is 5.97 Å². The molecule has 0 aliphatic heterocycles. The minimum Gasteiger partial charge on any atom is -0.455 e. The van der Waals surface area contributed by atoms with E-state index in [1.54, 1.807) is 12.2 Å². The Morgan fingerprint density at radius 2 is 1.40 bits per heavy atom. The van der Waals surface area contributed by atoms with Crippen LogP contribution in [0.3, 0.4) is 0 Å². The van der Waals surface area contributed by atoms with E-state index in [4.69, 9.17) is 9.47 Å². The number of allylic oxidation sites excluding steroid dienone is 2. The van der Waals surface area contributed by atoms with Crippen molar-refractivity contribution >= 4 is 17.8 Å². The highest BCUT2D eigenvalue weighted by Gasteiger charge is 2.33. The number of benzene rings is 3. The fourth-order valence-electron chi connectivity index (χ4n) is 5.51. The average molecular weight is 641 g/mol. The van der Waals surface area contributed by atoms with E-state index in [0.717, 1.165) is 11.1 Å². The molecule has 3 rings (SSSR count). The molecule has 5 atom stereocenters. The van der Waals surface area contributed by atoms with Gasteiger partial charge in [0.15, 0.2) is 0 Å². The second-order valence-corrected chi connectivity index (χ2v) is 11.7. The molecule has 8 nitrogen and oxygen atoms in total. The zero-order chi connectivity index (χ0) is 33.9. The summed E-state index contributed by atoms with van der Waals surface area (Å²) in [5.41, 5.74) is 2.70. The average Bonchev–Trinajstić information content (AvgIpc) is 3.09. The Balaban J connectivity index is 1.78. The summed E-state index contributed by atoms with van der Waals surface area (Å²) < 4.78 is 11.7. The summed E-state index contributed by atoms with van der Waals surface area (Å²) in [6.07, 6.45) is 4.84. The molecule has 0 saturated carbocycles. The third-order valence-corrected chi connectivity index (χ3v) is 7.95. The minimum absolute atomic E-state index is 0.0608. The second kappa shape index (κ2) is 20.6. The van der Waals surface area contributed by atoms with Crippen LogP contribution in [0.5, 0.6) is 0 Å². The van der Waals surface area contributed by atoms with Gasteiger partial charge in [-0.2, -0.15) is 0 Å². The molecule has 0 aliphatic rings. The van der Waals surface area contributed by atoms with Crippen LogP contribution in [-0.4, -0.2) is 55.3 Å². The zero-order valence-corrected chi connectivity index (χ0v) is 27.3. The van der Waals surface area contributed by atoms with Gasteiger partial charge in [-0.05, 0) is 48.8 Å². The summed E-state index contributed by atoms with van der Waals surface area (Å²) in [6.45, 7) is 7.43. The molecule has 3 N–H and O–H groups in total. The molecule has 2 amide bonds. The number of carbonyl (C=O) groups excluding carboxylic acids is 3. The predicted octanol–water partition coefficient (Wildman–Crippen LogP) is 5.53. The maximum Gasteiger partial charge on any atom is 0.309 e. The van der Waals surface area contributed by atoms with Gasteiger partial charge < -0.3 is 25.2 Å². The topological polar surface area (TPSA) is 114 Å². The molecule has 47 heavy (non-hydrogen) atoms. The number of methoxy groups -OCH3 is 1. The van der Waals surface area contributed by atoms with E-state index in [0.29, 0.717) is 31.2 Å². The smallest absolute Gasteiger partial charge is 0.309 e. The molecule has 250 valence electrons. The molecule has 0 heterocycles. The maximum atomic E-state index is 13.8. The number of amides is 2. The molecule has 0 saturated heterocycles. The van der Waals surface area contributed by atoms with Crippen molar-refractivity contribution < 1.29 is 29.0 Å². The first-order valence-electron chi connectivity index (χ1n) is 16.1. The molecule has 0 fully saturated rings. The molecule has 0 bridgehead atoms. The number of hydrogen-bond donors (Lipinski definition) is 3. The van der Waals surface area contributed by atoms with Crippen LogP contribution in [0.1, 0.15) is 48.5 Å². The van der Waals surface area contributed by atoms with Gasteiger partial charge in [-0.3, -0.25) is 14.4 Å². The van der Waals surface area contributed by atoms with Crippen molar-refractivity contribution in [2.75, 3.05) is 20.3 Å². The molecule has 3 aromatic rings. The Morgan fingerprint density at radius 1 is 0.809 bits per heavy atom. The van der Waals surface area contributed by atoms with Crippen LogP contribution in [0.25, 0.3) is 0 Å². The Morgan fingerprint density at radius 3 is 1.96 bits per heavy atom. The van der Waals surface area contributed by atoms with Crippen LogP contribution < -0.4 is 10.6 Å². The fraction of sp³-hybridized carbons (Fsp3) is 0.359. The lowest BCUT2D eigenvalue weighted by atomic mass is 9.94. The van der Waals surface area contributed by atoms with Crippen molar-refractivity contribution in [3.63, 3.8) is 0 Å². The number of rotatable bonds is 21. The molecular formula is C39H48N2O6. The summed E-state index contributed by atoms with van der Waals surface area (Å²) in [5.74, 6) is -2.30. The minimum atomic E-state index is -0.850. The molecule has 0 radical (unpaired) electrons. The maximum absolute atomic E-state index is 13.8. The van der Waals surface area contributed by atoms with Crippen LogP contribution in [0.4, 0.5) is 0 Å². The van der Waals surface area contributed by atoms with Gasteiger partial charge in [-0.1, -0.05) is 103 Å². The first-order valence-corrected chi connectivity index (χ1v) is 16.1. The summed E-state index contributed by atoms with van der Waals surface area (Å²) in [6, 6.07) is 27.4. The van der Waals surface area contributed by atoms with Gasteiger partial charge in [0.05, 0.1) is 37.1 Å². The first kappa shape index (κ1) is 36.9. The van der Waals surface area contributed by atoms with Crippen molar-refractivity contribution in [3.05, 3.63) is 133 Å². The van der Waals surface area contributed by atoms with E-state index in [-0.39, 0.29) is 37.9 Å². The highest BCUT2D eigenvalue weighted by Crippen LogP contribution is 2.27. The third kappa shape index (κ3) is 12.6. The molecule has 0 aromatic heterocycles. The number of carbonyl (C=O) groups is 3. The predicted molar refractivity (Wildman–Crippen MR) is 184 cm³/mol. The number of aliphatic hydroxyl groups is 1. The lowest BCUT2D eigenvalue weighted by Gasteiger charge is -2.30. The van der Waals surface area contributed by atoms with E-state index in [9.17, 15) is 19.5 Å². The van der Waals surface area contributed by atoms with Crippen molar-refractivity contribution in [3.8, 4) is 0 Å². The Kier molecular flexibility index (Phi) is 16.2. The van der Waals surface area contributed by atoms with E-state index < -0.39 is 35.9 Å². The summed E-state index contributed by atoms with van der Waals surface area (Å²) in [7, 11) is 1.52. The second-order valence-electron chi connectivity index (χ2n) is 11.7. The lowest BCUT2D eigenvalue weighted by Crippen LogP contribution is -2.47. The van der Waals surface area contributed by atoms with Crippen LogP contribution in [0.2, 0.25) is 0 Å². The van der Waals surface area contributed by atoms with Gasteiger partial charge in [-0.15, -0.1) is 13.2 Å². The standard InChI is InChI=1S/C39H48N2O6/c1-4-6-21-33(24-29-17-10-7-11-18-29)39(45)47-37(31-22-14-9-15-23-31)35(28-46-3)41-38(44)32(16-5-2)26-36(43)40-34(27-42)25-30-19-12-8-13-20-30/h4-5,7-15,17-20,22-23,32-35,37,42H,1-2,6,16,21,24-28H2,3H3,(H,40,43)(H,41,44). The first-order chi connectivity index (χ1) is 22.9. The van der Waals surface area contributed by atoms with E-state index in [1.807, 2.05) is 91.0 Å². The van der Waals surface area contributed by atoms with Gasteiger partial charge in [0.1, 0.15) is 6.10 Å².